The van der Waals surface area contributed by atoms with Crippen molar-refractivity contribution in [3.05, 3.63) is 60.7 Å². The topological polar surface area (TPSA) is 55.8 Å². The average Bonchev–Trinajstić information content (AvgIpc) is 2.82. The fourth-order valence-corrected chi connectivity index (χ4v) is 8.84. The van der Waals surface area contributed by atoms with Gasteiger partial charge in [0.25, 0.3) is 8.32 Å². The van der Waals surface area contributed by atoms with E-state index in [9.17, 15) is 9.59 Å². The maximum absolute atomic E-state index is 12.7. The standard InChI is InChI=1S/C31H48O4Si/c1-29(2,3)35-28(32)31(6,7)27(34-8)23-17-9-10-18-24-30(4,5)36(33,25-19-13-11-14-20-25)26-21-15-12-16-22-26/h11-16,19-22,27,33H,9-10,17-18,23-24H2,1-8H3. The first kappa shape index (κ1) is 30.3. The molecule has 1 unspecified atom stereocenters. The van der Waals surface area contributed by atoms with Gasteiger partial charge in [0.15, 0.2) is 0 Å². The number of carbonyl (C=O) groups excluding carboxylic acids is 1. The molecule has 4 nitrogen and oxygen atoms in total. The molecule has 0 fully saturated rings. The summed E-state index contributed by atoms with van der Waals surface area (Å²) in [4.78, 5) is 25.0. The van der Waals surface area contributed by atoms with Crippen molar-refractivity contribution in [2.75, 3.05) is 7.11 Å². The highest BCUT2D eigenvalue weighted by Gasteiger charge is 2.49. The quantitative estimate of drug-likeness (QED) is 0.196. The van der Waals surface area contributed by atoms with E-state index >= 15 is 0 Å². The van der Waals surface area contributed by atoms with Gasteiger partial charge in [-0.05, 0) is 62.9 Å². The van der Waals surface area contributed by atoms with Crippen molar-refractivity contribution in [1.82, 2.24) is 0 Å². The summed E-state index contributed by atoms with van der Waals surface area (Å²) in [6.07, 6.45) is 5.78. The molecule has 0 heterocycles. The summed E-state index contributed by atoms with van der Waals surface area (Å²) in [6, 6.07) is 20.4. The largest absolute Gasteiger partial charge is 0.459 e. The van der Waals surface area contributed by atoms with Crippen LogP contribution in [0.3, 0.4) is 0 Å². The zero-order chi connectivity index (χ0) is 27.0. The van der Waals surface area contributed by atoms with Gasteiger partial charge in [-0.15, -0.1) is 0 Å². The second-order valence-corrected chi connectivity index (χ2v) is 16.2. The van der Waals surface area contributed by atoms with E-state index in [1.54, 1.807) is 7.11 Å². The molecule has 0 saturated carbocycles. The number of unbranched alkanes of at least 4 members (excludes halogenated alkanes) is 3. The molecule has 1 N–H and O–H groups in total. The molecule has 200 valence electrons. The van der Waals surface area contributed by atoms with Crippen LogP contribution in [0.15, 0.2) is 60.7 Å². The third kappa shape index (κ3) is 7.53. The second-order valence-electron chi connectivity index (χ2n) is 12.2. The number of benzene rings is 2. The maximum atomic E-state index is 12.7. The number of rotatable bonds is 13. The minimum atomic E-state index is -2.95. The number of ether oxygens (including phenoxy) is 2. The number of hydrogen-bond donors (Lipinski definition) is 1. The van der Waals surface area contributed by atoms with E-state index in [1.807, 2.05) is 71.0 Å². The van der Waals surface area contributed by atoms with Crippen LogP contribution >= 0.6 is 0 Å². The lowest BCUT2D eigenvalue weighted by Gasteiger charge is -2.41. The first-order valence-corrected chi connectivity index (χ1v) is 15.3. The van der Waals surface area contributed by atoms with Gasteiger partial charge >= 0.3 is 5.97 Å². The molecule has 0 saturated heterocycles. The Labute approximate surface area is 220 Å². The summed E-state index contributed by atoms with van der Waals surface area (Å²) in [6.45, 7) is 14.0. The third-order valence-electron chi connectivity index (χ3n) is 7.40. The Morgan fingerprint density at radius 3 is 1.72 bits per heavy atom. The molecule has 0 bridgehead atoms. The van der Waals surface area contributed by atoms with E-state index < -0.39 is 19.3 Å². The zero-order valence-electron chi connectivity index (χ0n) is 23.8. The Balaban J connectivity index is 1.96. The molecule has 0 aliphatic heterocycles. The van der Waals surface area contributed by atoms with Crippen LogP contribution in [0, 0.1) is 5.41 Å². The van der Waals surface area contributed by atoms with Crippen LogP contribution in [0.1, 0.15) is 87.0 Å². The van der Waals surface area contributed by atoms with Gasteiger partial charge in [-0.1, -0.05) is 100 Å². The first-order chi connectivity index (χ1) is 16.8. The molecule has 0 aliphatic carbocycles. The van der Waals surface area contributed by atoms with Gasteiger partial charge in [-0.2, -0.15) is 0 Å². The lowest BCUT2D eigenvalue weighted by molar-refractivity contribution is -0.174. The highest BCUT2D eigenvalue weighted by atomic mass is 28.4. The number of esters is 1. The second kappa shape index (κ2) is 12.5. The summed E-state index contributed by atoms with van der Waals surface area (Å²) >= 11 is 0. The van der Waals surface area contributed by atoms with Crippen LogP contribution in [-0.2, 0) is 14.3 Å². The molecular weight excluding hydrogens is 464 g/mol. The molecule has 0 aromatic heterocycles. The van der Waals surface area contributed by atoms with Gasteiger partial charge in [0.1, 0.15) is 5.60 Å². The highest BCUT2D eigenvalue weighted by molar-refractivity contribution is 6.98. The molecule has 36 heavy (non-hydrogen) atoms. The molecule has 2 aromatic rings. The third-order valence-corrected chi connectivity index (χ3v) is 11.9. The van der Waals surface area contributed by atoms with E-state index in [4.69, 9.17) is 9.47 Å². The fraction of sp³-hybridized carbons (Fsp3) is 0.581. The van der Waals surface area contributed by atoms with Crippen LogP contribution in [-0.4, -0.2) is 37.9 Å². The SMILES string of the molecule is COC(CCCCCCC(C)(C)[Si](O)(c1ccccc1)c1ccccc1)C(C)(C)C(=O)OC(C)(C)C. The van der Waals surface area contributed by atoms with Crippen LogP contribution in [0.4, 0.5) is 0 Å². The van der Waals surface area contributed by atoms with Gasteiger partial charge in [0.2, 0.25) is 0 Å². The summed E-state index contributed by atoms with van der Waals surface area (Å²) in [5.74, 6) is -0.213. The molecule has 0 amide bonds. The van der Waals surface area contributed by atoms with Crippen molar-refractivity contribution in [3.63, 3.8) is 0 Å². The fourth-order valence-electron chi connectivity index (χ4n) is 5.05. The Bertz CT molecular complexity index is 893. The summed E-state index contributed by atoms with van der Waals surface area (Å²) in [7, 11) is -1.27. The van der Waals surface area contributed by atoms with Crippen LogP contribution < -0.4 is 10.4 Å². The van der Waals surface area contributed by atoms with Crippen molar-refractivity contribution in [3.8, 4) is 0 Å². The Morgan fingerprint density at radius 2 is 1.28 bits per heavy atom. The van der Waals surface area contributed by atoms with Crippen LogP contribution in [0.2, 0.25) is 5.04 Å². The van der Waals surface area contributed by atoms with E-state index in [0.29, 0.717) is 0 Å². The molecule has 1 atom stereocenters. The molecule has 0 aliphatic rings. The maximum Gasteiger partial charge on any atom is 0.314 e. The molecule has 0 spiro atoms. The minimum absolute atomic E-state index is 0.183. The number of carbonyl (C=O) groups is 1. The monoisotopic (exact) mass is 512 g/mol. The molecule has 5 heteroatoms. The number of hydrogen-bond acceptors (Lipinski definition) is 4. The summed E-state index contributed by atoms with van der Waals surface area (Å²) in [5, 5.41) is 1.91. The van der Waals surface area contributed by atoms with Gasteiger partial charge in [-0.25, -0.2) is 0 Å². The summed E-state index contributed by atoms with van der Waals surface area (Å²) in [5.41, 5.74) is -1.21. The smallest absolute Gasteiger partial charge is 0.314 e. The normalized spacial score (nSPS) is 13.9. The van der Waals surface area contributed by atoms with Crippen molar-refractivity contribution < 1.29 is 19.1 Å². The Kier molecular flexibility index (Phi) is 10.5. The first-order valence-electron chi connectivity index (χ1n) is 13.4. The molecule has 2 rings (SSSR count). The Hall–Kier alpha value is -1.95. The lowest BCUT2D eigenvalue weighted by atomic mass is 9.83. The predicted molar refractivity (Wildman–Crippen MR) is 152 cm³/mol. The Morgan fingerprint density at radius 1 is 0.806 bits per heavy atom. The van der Waals surface area contributed by atoms with Gasteiger partial charge in [0, 0.05) is 7.11 Å². The van der Waals surface area contributed by atoms with E-state index in [1.165, 1.54) is 0 Å². The average molecular weight is 513 g/mol. The lowest BCUT2D eigenvalue weighted by Crippen LogP contribution is -2.65. The summed E-state index contributed by atoms with van der Waals surface area (Å²) < 4.78 is 11.4. The predicted octanol–water partition coefficient (Wildman–Crippen LogP) is 6.24. The molecule has 2 aromatic carbocycles. The zero-order valence-corrected chi connectivity index (χ0v) is 24.8. The van der Waals surface area contributed by atoms with E-state index in [-0.39, 0.29) is 17.1 Å². The van der Waals surface area contributed by atoms with Crippen LogP contribution in [0.25, 0.3) is 0 Å². The van der Waals surface area contributed by atoms with Gasteiger partial charge < -0.3 is 14.3 Å². The molecule has 0 radical (unpaired) electrons. The van der Waals surface area contributed by atoms with Crippen molar-refractivity contribution in [2.24, 2.45) is 5.41 Å². The van der Waals surface area contributed by atoms with Crippen molar-refractivity contribution >= 4 is 24.7 Å². The van der Waals surface area contributed by atoms with E-state index in [0.717, 1.165) is 48.9 Å². The molecular formula is C31H48O4Si. The van der Waals surface area contributed by atoms with Gasteiger partial charge in [-0.3, -0.25) is 4.79 Å². The van der Waals surface area contributed by atoms with E-state index in [2.05, 4.69) is 38.1 Å². The van der Waals surface area contributed by atoms with Crippen molar-refractivity contribution in [1.29, 1.82) is 0 Å². The number of methoxy groups -OCH3 is 1. The highest BCUT2D eigenvalue weighted by Crippen LogP contribution is 2.40. The van der Waals surface area contributed by atoms with Crippen LogP contribution in [0.5, 0.6) is 0 Å². The minimum Gasteiger partial charge on any atom is -0.459 e. The van der Waals surface area contributed by atoms with Gasteiger partial charge in [0.05, 0.1) is 11.5 Å². The van der Waals surface area contributed by atoms with Crippen molar-refractivity contribution in [2.45, 2.75) is 104 Å².